The molecule has 3 rings (SSSR count). The highest BCUT2D eigenvalue weighted by molar-refractivity contribution is 5.95. The molecule has 24 heavy (non-hydrogen) atoms. The second-order valence-electron chi connectivity index (χ2n) is 6.27. The highest BCUT2D eigenvalue weighted by Crippen LogP contribution is 2.16. The summed E-state index contributed by atoms with van der Waals surface area (Å²) in [5, 5.41) is 3.98. The molecule has 6 heteroatoms. The highest BCUT2D eigenvalue weighted by atomic mass is 16.1. The maximum Gasteiger partial charge on any atom is 0.244 e. The number of hydrogen-bond donors (Lipinski definition) is 2. The predicted octanol–water partition coefficient (Wildman–Crippen LogP) is 1.33. The summed E-state index contributed by atoms with van der Waals surface area (Å²) in [6.45, 7) is 6.28. The number of piperazine rings is 1. The van der Waals surface area contributed by atoms with Gasteiger partial charge >= 0.3 is 0 Å². The fourth-order valence-electron chi connectivity index (χ4n) is 2.93. The van der Waals surface area contributed by atoms with Crippen molar-refractivity contribution in [1.82, 2.24) is 25.1 Å². The van der Waals surface area contributed by atoms with E-state index in [0.717, 1.165) is 55.7 Å². The number of hydrogen-bond acceptors (Lipinski definition) is 4. The average Bonchev–Trinajstić information content (AvgIpc) is 3.02. The lowest BCUT2D eigenvalue weighted by molar-refractivity contribution is -0.116. The Morgan fingerprint density at radius 2 is 2.21 bits per heavy atom. The van der Waals surface area contributed by atoms with Crippen LogP contribution in [0.1, 0.15) is 12.0 Å². The standard InChI is InChI=1S/C18H25N5O/c1-22-10-12-23(13-11-22)9-3-8-19-17(24)6-5-15-14-21-18-16(15)4-2-7-20-18/h2,4-7,14H,3,8-13H2,1H3,(H,19,24)(H,20,21)/b6-5+. The van der Waals surface area contributed by atoms with Gasteiger partial charge in [0.1, 0.15) is 5.65 Å². The quantitative estimate of drug-likeness (QED) is 0.621. The third kappa shape index (κ3) is 4.43. The van der Waals surface area contributed by atoms with Crippen LogP contribution in [-0.2, 0) is 4.79 Å². The highest BCUT2D eigenvalue weighted by Gasteiger charge is 2.12. The molecule has 6 nitrogen and oxygen atoms in total. The molecule has 2 aromatic heterocycles. The van der Waals surface area contributed by atoms with Crippen LogP contribution in [0.25, 0.3) is 17.1 Å². The summed E-state index contributed by atoms with van der Waals surface area (Å²) in [4.78, 5) is 24.1. The smallest absolute Gasteiger partial charge is 0.244 e. The van der Waals surface area contributed by atoms with E-state index in [1.807, 2.05) is 24.4 Å². The number of likely N-dealkylation sites (N-methyl/N-ethyl adjacent to an activating group) is 1. The van der Waals surface area contributed by atoms with Crippen LogP contribution in [0, 0.1) is 0 Å². The molecular formula is C18H25N5O. The van der Waals surface area contributed by atoms with Gasteiger partial charge in [-0.05, 0) is 38.2 Å². The summed E-state index contributed by atoms with van der Waals surface area (Å²) in [5.74, 6) is -0.0494. The van der Waals surface area contributed by atoms with Crippen molar-refractivity contribution < 1.29 is 4.79 Å². The maximum atomic E-state index is 11.9. The largest absolute Gasteiger partial charge is 0.353 e. The minimum absolute atomic E-state index is 0.0494. The molecule has 3 heterocycles. The number of fused-ring (bicyclic) bond motifs is 1. The Kier molecular flexibility index (Phi) is 5.61. The minimum atomic E-state index is -0.0494. The first-order valence-corrected chi connectivity index (χ1v) is 8.51. The molecule has 1 aliphatic rings. The second kappa shape index (κ2) is 8.08. The van der Waals surface area contributed by atoms with E-state index >= 15 is 0 Å². The number of carbonyl (C=O) groups excluding carboxylic acids is 1. The molecule has 128 valence electrons. The molecular weight excluding hydrogens is 302 g/mol. The van der Waals surface area contributed by atoms with Gasteiger partial charge in [0.05, 0.1) is 0 Å². The minimum Gasteiger partial charge on any atom is -0.353 e. The van der Waals surface area contributed by atoms with Gasteiger partial charge in [0.25, 0.3) is 0 Å². The number of H-pyrrole nitrogens is 1. The zero-order valence-electron chi connectivity index (χ0n) is 14.2. The van der Waals surface area contributed by atoms with E-state index in [0.29, 0.717) is 6.54 Å². The van der Waals surface area contributed by atoms with Crippen LogP contribution >= 0.6 is 0 Å². The number of carbonyl (C=O) groups is 1. The van der Waals surface area contributed by atoms with Crippen LogP contribution in [0.2, 0.25) is 0 Å². The van der Waals surface area contributed by atoms with Crippen molar-refractivity contribution in [3.63, 3.8) is 0 Å². The Balaban J connectivity index is 1.39. The molecule has 0 aliphatic carbocycles. The molecule has 0 radical (unpaired) electrons. The van der Waals surface area contributed by atoms with Gasteiger partial charge in [-0.3, -0.25) is 4.79 Å². The first kappa shape index (κ1) is 16.7. The summed E-state index contributed by atoms with van der Waals surface area (Å²) in [7, 11) is 2.16. The molecule has 0 atom stereocenters. The van der Waals surface area contributed by atoms with Gasteiger partial charge < -0.3 is 20.1 Å². The molecule has 1 amide bonds. The van der Waals surface area contributed by atoms with E-state index in [4.69, 9.17) is 0 Å². The summed E-state index contributed by atoms with van der Waals surface area (Å²) in [6.07, 6.45) is 8.02. The lowest BCUT2D eigenvalue weighted by Gasteiger charge is -2.32. The summed E-state index contributed by atoms with van der Waals surface area (Å²) in [6, 6.07) is 3.89. The Labute approximate surface area is 142 Å². The molecule has 1 saturated heterocycles. The molecule has 0 aromatic carbocycles. The van der Waals surface area contributed by atoms with Gasteiger partial charge in [0.2, 0.25) is 5.91 Å². The number of rotatable bonds is 6. The second-order valence-corrected chi connectivity index (χ2v) is 6.27. The maximum absolute atomic E-state index is 11.9. The molecule has 0 spiro atoms. The summed E-state index contributed by atoms with van der Waals surface area (Å²) in [5.41, 5.74) is 1.82. The van der Waals surface area contributed by atoms with Gasteiger partial charge in [-0.1, -0.05) is 0 Å². The lowest BCUT2D eigenvalue weighted by atomic mass is 10.2. The number of aromatic amines is 1. The Morgan fingerprint density at radius 1 is 1.38 bits per heavy atom. The van der Waals surface area contributed by atoms with Crippen molar-refractivity contribution in [3.05, 3.63) is 36.2 Å². The van der Waals surface area contributed by atoms with Crippen LogP contribution in [0.15, 0.2) is 30.6 Å². The molecule has 0 saturated carbocycles. The van der Waals surface area contributed by atoms with Crippen molar-refractivity contribution in [2.75, 3.05) is 46.3 Å². The van der Waals surface area contributed by atoms with E-state index in [9.17, 15) is 4.79 Å². The van der Waals surface area contributed by atoms with Gasteiger partial charge in [-0.25, -0.2) is 4.98 Å². The van der Waals surface area contributed by atoms with E-state index in [2.05, 4.69) is 32.1 Å². The normalized spacial score (nSPS) is 16.9. The number of pyridine rings is 1. The van der Waals surface area contributed by atoms with Crippen LogP contribution < -0.4 is 5.32 Å². The van der Waals surface area contributed by atoms with Crippen molar-refractivity contribution in [3.8, 4) is 0 Å². The number of amides is 1. The first-order valence-electron chi connectivity index (χ1n) is 8.51. The van der Waals surface area contributed by atoms with Crippen molar-refractivity contribution in [2.24, 2.45) is 0 Å². The Morgan fingerprint density at radius 3 is 3.04 bits per heavy atom. The van der Waals surface area contributed by atoms with Crippen LogP contribution in [0.3, 0.4) is 0 Å². The molecule has 0 bridgehead atoms. The van der Waals surface area contributed by atoms with Gasteiger partial charge in [-0.2, -0.15) is 0 Å². The molecule has 2 aromatic rings. The molecule has 0 unspecified atom stereocenters. The van der Waals surface area contributed by atoms with Crippen LogP contribution in [0.4, 0.5) is 0 Å². The Bertz CT molecular complexity index is 700. The number of nitrogens with zero attached hydrogens (tertiary/aromatic N) is 3. The number of aromatic nitrogens is 2. The monoisotopic (exact) mass is 327 g/mol. The third-order valence-corrected chi connectivity index (χ3v) is 4.44. The zero-order valence-corrected chi connectivity index (χ0v) is 14.2. The fourth-order valence-corrected chi connectivity index (χ4v) is 2.93. The van der Waals surface area contributed by atoms with E-state index in [1.165, 1.54) is 0 Å². The van der Waals surface area contributed by atoms with E-state index < -0.39 is 0 Å². The summed E-state index contributed by atoms with van der Waals surface area (Å²) >= 11 is 0. The zero-order chi connectivity index (χ0) is 16.8. The predicted molar refractivity (Wildman–Crippen MR) is 96.7 cm³/mol. The third-order valence-electron chi connectivity index (χ3n) is 4.44. The molecule has 1 aliphatic heterocycles. The number of nitrogens with one attached hydrogen (secondary N) is 2. The average molecular weight is 327 g/mol. The first-order chi connectivity index (χ1) is 11.7. The van der Waals surface area contributed by atoms with E-state index in [1.54, 1.807) is 12.3 Å². The fraction of sp³-hybridized carbons (Fsp3) is 0.444. The van der Waals surface area contributed by atoms with Crippen molar-refractivity contribution >= 4 is 23.0 Å². The van der Waals surface area contributed by atoms with Crippen LogP contribution in [-0.4, -0.2) is 72.0 Å². The molecule has 1 fully saturated rings. The van der Waals surface area contributed by atoms with Gasteiger partial charge in [-0.15, -0.1) is 0 Å². The van der Waals surface area contributed by atoms with E-state index in [-0.39, 0.29) is 5.91 Å². The molecule has 2 N–H and O–H groups in total. The summed E-state index contributed by atoms with van der Waals surface area (Å²) < 4.78 is 0. The topological polar surface area (TPSA) is 64.3 Å². The lowest BCUT2D eigenvalue weighted by Crippen LogP contribution is -2.45. The van der Waals surface area contributed by atoms with Gasteiger partial charge in [0.15, 0.2) is 0 Å². The van der Waals surface area contributed by atoms with Crippen molar-refractivity contribution in [1.29, 1.82) is 0 Å². The van der Waals surface area contributed by atoms with Gasteiger partial charge in [0, 0.05) is 62.1 Å². The SMILES string of the molecule is CN1CCN(CCCNC(=O)/C=C/c2c[nH]c3ncccc23)CC1. The Hall–Kier alpha value is -2.18. The van der Waals surface area contributed by atoms with Crippen molar-refractivity contribution in [2.45, 2.75) is 6.42 Å². The van der Waals surface area contributed by atoms with Crippen LogP contribution in [0.5, 0.6) is 0 Å².